The topological polar surface area (TPSA) is 64.8 Å². The van der Waals surface area contributed by atoms with Gasteiger partial charge in [-0.2, -0.15) is 0 Å². The minimum absolute atomic E-state index is 0. The van der Waals surface area contributed by atoms with Crippen LogP contribution < -0.4 is 10.5 Å². The lowest BCUT2D eigenvalue weighted by Gasteiger charge is -2.21. The number of hydrogen-bond donors (Lipinski definition) is 1. The Kier molecular flexibility index (Phi) is 7.31. The van der Waals surface area contributed by atoms with Gasteiger partial charge in [0.25, 0.3) is 5.91 Å². The first kappa shape index (κ1) is 20.5. The summed E-state index contributed by atoms with van der Waals surface area (Å²) in [6, 6.07) is 5.55. The highest BCUT2D eigenvalue weighted by Gasteiger charge is 2.32. The van der Waals surface area contributed by atoms with Crippen molar-refractivity contribution in [2.75, 3.05) is 13.6 Å². The summed E-state index contributed by atoms with van der Waals surface area (Å²) in [4.78, 5) is 13.7. The van der Waals surface area contributed by atoms with Gasteiger partial charge in [-0.25, -0.2) is 0 Å². The van der Waals surface area contributed by atoms with Crippen LogP contribution in [0.1, 0.15) is 18.4 Å². The van der Waals surface area contributed by atoms with Crippen LogP contribution in [0.25, 0.3) is 0 Å². The van der Waals surface area contributed by atoms with Crippen molar-refractivity contribution >= 4 is 18.3 Å². The highest BCUT2D eigenvalue weighted by molar-refractivity contribution is 5.85. The van der Waals surface area contributed by atoms with Crippen LogP contribution >= 0.6 is 12.4 Å². The van der Waals surface area contributed by atoms with E-state index < -0.39 is 12.5 Å². The third kappa shape index (κ3) is 5.85. The molecule has 0 aliphatic carbocycles. The second-order valence-corrected chi connectivity index (χ2v) is 5.45. The smallest absolute Gasteiger partial charge is 0.406 e. The van der Waals surface area contributed by atoms with Crippen molar-refractivity contribution in [1.82, 2.24) is 4.90 Å². The summed E-state index contributed by atoms with van der Waals surface area (Å²) in [5.41, 5.74) is 6.05. The number of hydrogen-bond acceptors (Lipinski definition) is 4. The normalized spacial score (nSPS) is 20.4. The Labute approximate surface area is 144 Å². The molecule has 0 saturated carbocycles. The number of benzene rings is 1. The van der Waals surface area contributed by atoms with Crippen molar-refractivity contribution in [3.8, 4) is 5.75 Å². The van der Waals surface area contributed by atoms with Crippen molar-refractivity contribution in [2.45, 2.75) is 38.0 Å². The van der Waals surface area contributed by atoms with E-state index in [-0.39, 0.29) is 36.7 Å². The third-order valence-corrected chi connectivity index (χ3v) is 3.57. The summed E-state index contributed by atoms with van der Waals surface area (Å²) in [5, 5.41) is 0. The summed E-state index contributed by atoms with van der Waals surface area (Å²) in [5.74, 6) is -0.515. The molecule has 1 aromatic carbocycles. The Hall–Kier alpha value is -1.51. The van der Waals surface area contributed by atoms with Gasteiger partial charge >= 0.3 is 6.36 Å². The molecule has 1 saturated heterocycles. The predicted molar refractivity (Wildman–Crippen MR) is 83.8 cm³/mol. The van der Waals surface area contributed by atoms with Crippen LogP contribution in [0, 0.1) is 0 Å². The number of carbonyl (C=O) groups is 1. The number of alkyl halides is 3. The lowest BCUT2D eigenvalue weighted by atomic mass is 10.1. The van der Waals surface area contributed by atoms with Gasteiger partial charge < -0.3 is 20.1 Å². The minimum Gasteiger partial charge on any atom is -0.406 e. The molecule has 1 heterocycles. The number of carbonyl (C=O) groups excluding carboxylic acids is 1. The van der Waals surface area contributed by atoms with Crippen LogP contribution in [0.15, 0.2) is 24.3 Å². The Morgan fingerprint density at radius 1 is 1.42 bits per heavy atom. The van der Waals surface area contributed by atoms with E-state index in [0.29, 0.717) is 18.5 Å². The van der Waals surface area contributed by atoms with Gasteiger partial charge in [-0.3, -0.25) is 4.79 Å². The van der Waals surface area contributed by atoms with Crippen molar-refractivity contribution in [3.63, 3.8) is 0 Å². The van der Waals surface area contributed by atoms with Crippen LogP contribution in [0.4, 0.5) is 13.2 Å². The molecule has 9 heteroatoms. The summed E-state index contributed by atoms with van der Waals surface area (Å²) in [7, 11) is 1.58. The monoisotopic (exact) mass is 368 g/mol. The molecule has 0 aromatic heterocycles. The number of ether oxygens (including phenoxy) is 2. The Balaban J connectivity index is 0.00000288. The van der Waals surface area contributed by atoms with E-state index in [1.165, 1.54) is 23.1 Å². The molecule has 2 atom stereocenters. The van der Waals surface area contributed by atoms with Crippen LogP contribution in [0.3, 0.4) is 0 Å². The van der Waals surface area contributed by atoms with Gasteiger partial charge in [0, 0.05) is 20.1 Å². The molecule has 1 amide bonds. The maximum absolute atomic E-state index is 12.3. The fourth-order valence-electron chi connectivity index (χ4n) is 2.50. The van der Waals surface area contributed by atoms with Crippen LogP contribution in [0.5, 0.6) is 5.75 Å². The van der Waals surface area contributed by atoms with Crippen molar-refractivity contribution in [1.29, 1.82) is 0 Å². The fraction of sp³-hybridized carbons (Fsp3) is 0.533. The number of halogens is 4. The second kappa shape index (κ2) is 8.55. The molecular weight excluding hydrogens is 349 g/mol. The molecule has 1 aromatic rings. The van der Waals surface area contributed by atoms with E-state index in [2.05, 4.69) is 4.74 Å². The number of nitrogens with zero attached hydrogens (tertiary/aromatic N) is 1. The molecular formula is C15H20ClF3N2O3. The van der Waals surface area contributed by atoms with Gasteiger partial charge in [0.15, 0.2) is 0 Å². The SMILES string of the molecule is CN(Cc1cccc(OC(F)(F)F)c1)C(=O)[C@@H]1CC[C@H](CN)O1.Cl. The van der Waals surface area contributed by atoms with Crippen molar-refractivity contribution in [3.05, 3.63) is 29.8 Å². The van der Waals surface area contributed by atoms with E-state index in [9.17, 15) is 18.0 Å². The van der Waals surface area contributed by atoms with Gasteiger partial charge in [0.1, 0.15) is 11.9 Å². The summed E-state index contributed by atoms with van der Waals surface area (Å²) in [6.07, 6.45) is -4.06. The predicted octanol–water partition coefficient (Wildman–Crippen LogP) is 2.47. The molecule has 1 fully saturated rings. The molecule has 136 valence electrons. The van der Waals surface area contributed by atoms with Gasteiger partial charge in [0.2, 0.25) is 0 Å². The average Bonchev–Trinajstić information content (AvgIpc) is 2.93. The second-order valence-electron chi connectivity index (χ2n) is 5.45. The van der Waals surface area contributed by atoms with Crippen LogP contribution in [0.2, 0.25) is 0 Å². The third-order valence-electron chi connectivity index (χ3n) is 3.57. The number of nitrogens with two attached hydrogens (primary N) is 1. The molecule has 0 unspecified atom stereocenters. The molecule has 24 heavy (non-hydrogen) atoms. The van der Waals surface area contributed by atoms with E-state index in [1.54, 1.807) is 13.1 Å². The van der Waals surface area contributed by atoms with Crippen LogP contribution in [-0.2, 0) is 16.1 Å². The molecule has 0 spiro atoms. The van der Waals surface area contributed by atoms with Gasteiger partial charge in [-0.05, 0) is 30.5 Å². The van der Waals surface area contributed by atoms with Crippen molar-refractivity contribution in [2.24, 2.45) is 5.73 Å². The Morgan fingerprint density at radius 3 is 2.71 bits per heavy atom. The quantitative estimate of drug-likeness (QED) is 0.867. The van der Waals surface area contributed by atoms with Crippen LogP contribution in [-0.4, -0.2) is 43.0 Å². The molecule has 5 nitrogen and oxygen atoms in total. The first-order valence-electron chi connectivity index (χ1n) is 7.23. The molecule has 2 rings (SSSR count). The minimum atomic E-state index is -4.74. The summed E-state index contributed by atoms with van der Waals surface area (Å²) < 4.78 is 46.1. The summed E-state index contributed by atoms with van der Waals surface area (Å²) >= 11 is 0. The van der Waals surface area contributed by atoms with Gasteiger partial charge in [-0.15, -0.1) is 25.6 Å². The standard InChI is InChI=1S/C15H19F3N2O3.ClH/c1-20(14(21)13-6-5-12(8-19)22-13)9-10-3-2-4-11(7-10)23-15(16,17)18;/h2-4,7,12-13H,5-6,8-9,19H2,1H3;1H/t12-,13+;/m1./s1. The highest BCUT2D eigenvalue weighted by atomic mass is 35.5. The zero-order valence-corrected chi connectivity index (χ0v) is 13.9. The van der Waals surface area contributed by atoms with E-state index in [4.69, 9.17) is 10.5 Å². The molecule has 0 bridgehead atoms. The van der Waals surface area contributed by atoms with E-state index in [1.807, 2.05) is 0 Å². The molecule has 1 aliphatic heterocycles. The Bertz CT molecular complexity index is 557. The highest BCUT2D eigenvalue weighted by Crippen LogP contribution is 2.24. The lowest BCUT2D eigenvalue weighted by molar-refractivity contribution is -0.274. The Morgan fingerprint density at radius 2 is 2.12 bits per heavy atom. The lowest BCUT2D eigenvalue weighted by Crippen LogP contribution is -2.36. The average molecular weight is 369 g/mol. The fourth-order valence-corrected chi connectivity index (χ4v) is 2.50. The van der Waals surface area contributed by atoms with Crippen molar-refractivity contribution < 1.29 is 27.4 Å². The maximum atomic E-state index is 12.3. The van der Waals surface area contributed by atoms with Gasteiger partial charge in [0.05, 0.1) is 6.10 Å². The number of rotatable bonds is 5. The zero-order chi connectivity index (χ0) is 17.0. The molecule has 2 N–H and O–H groups in total. The number of amides is 1. The largest absolute Gasteiger partial charge is 0.573 e. The molecule has 0 radical (unpaired) electrons. The summed E-state index contributed by atoms with van der Waals surface area (Å²) in [6.45, 7) is 0.533. The first-order chi connectivity index (χ1) is 10.8. The maximum Gasteiger partial charge on any atom is 0.573 e. The zero-order valence-electron chi connectivity index (χ0n) is 13.1. The number of likely N-dealkylation sites (N-methyl/N-ethyl adjacent to an activating group) is 1. The molecule has 1 aliphatic rings. The van der Waals surface area contributed by atoms with E-state index in [0.717, 1.165) is 6.42 Å². The van der Waals surface area contributed by atoms with E-state index >= 15 is 0 Å². The van der Waals surface area contributed by atoms with Gasteiger partial charge in [-0.1, -0.05) is 12.1 Å². The first-order valence-corrected chi connectivity index (χ1v) is 7.23.